The van der Waals surface area contributed by atoms with Gasteiger partial charge in [0, 0.05) is 20.1 Å². The Morgan fingerprint density at radius 1 is 1.16 bits per heavy atom. The molecule has 1 aliphatic heterocycles. The molecule has 1 saturated heterocycles. The van der Waals surface area contributed by atoms with Crippen LogP contribution in [-0.4, -0.2) is 57.2 Å². The Bertz CT molecular complexity index is 646. The first kappa shape index (κ1) is 19.1. The summed E-state index contributed by atoms with van der Waals surface area (Å²) in [6.07, 6.45) is 0. The van der Waals surface area contributed by atoms with Gasteiger partial charge in [0.1, 0.15) is 0 Å². The third-order valence-electron chi connectivity index (χ3n) is 4.17. The first-order valence-electron chi connectivity index (χ1n) is 8.36. The van der Waals surface area contributed by atoms with Crippen LogP contribution in [0.4, 0.5) is 11.4 Å². The number of morpholine rings is 1. The standard InChI is InChI=1S/C18H27N3O4/c1-18(2,3)12-10-13(19-4)15(24-5)14(11-12)20-16(22)17(23)21-6-8-25-9-7-21/h10-11,19H,6-9H2,1-5H3,(H,20,22). The molecule has 138 valence electrons. The van der Waals surface area contributed by atoms with Gasteiger partial charge in [0.2, 0.25) is 0 Å². The maximum Gasteiger partial charge on any atom is 0.314 e. The predicted octanol–water partition coefficient (Wildman–Crippen LogP) is 1.83. The van der Waals surface area contributed by atoms with Crippen LogP contribution in [-0.2, 0) is 19.7 Å². The van der Waals surface area contributed by atoms with E-state index < -0.39 is 11.8 Å². The van der Waals surface area contributed by atoms with Gasteiger partial charge in [-0.05, 0) is 23.1 Å². The quantitative estimate of drug-likeness (QED) is 0.814. The van der Waals surface area contributed by atoms with Crippen molar-refractivity contribution in [2.45, 2.75) is 26.2 Å². The van der Waals surface area contributed by atoms with Crippen molar-refractivity contribution < 1.29 is 19.1 Å². The molecule has 0 bridgehead atoms. The predicted molar refractivity (Wildman–Crippen MR) is 97.3 cm³/mol. The van der Waals surface area contributed by atoms with E-state index in [9.17, 15) is 9.59 Å². The molecule has 0 atom stereocenters. The Morgan fingerprint density at radius 3 is 2.28 bits per heavy atom. The molecular weight excluding hydrogens is 322 g/mol. The molecule has 1 aliphatic rings. The number of methoxy groups -OCH3 is 1. The smallest absolute Gasteiger partial charge is 0.314 e. The fourth-order valence-corrected chi connectivity index (χ4v) is 2.65. The summed E-state index contributed by atoms with van der Waals surface area (Å²) in [6, 6.07) is 3.84. The zero-order valence-corrected chi connectivity index (χ0v) is 15.6. The van der Waals surface area contributed by atoms with Crippen LogP contribution in [0.1, 0.15) is 26.3 Å². The number of carbonyl (C=O) groups excluding carboxylic acids is 2. The maximum atomic E-state index is 12.4. The van der Waals surface area contributed by atoms with Gasteiger partial charge >= 0.3 is 11.8 Å². The number of hydrogen-bond donors (Lipinski definition) is 2. The second-order valence-electron chi connectivity index (χ2n) is 6.96. The lowest BCUT2D eigenvalue weighted by molar-refractivity contribution is -0.145. The number of rotatable bonds is 3. The first-order valence-corrected chi connectivity index (χ1v) is 8.36. The number of amides is 2. The minimum atomic E-state index is -0.673. The van der Waals surface area contributed by atoms with Crippen molar-refractivity contribution in [3.63, 3.8) is 0 Å². The summed E-state index contributed by atoms with van der Waals surface area (Å²) in [5, 5.41) is 5.79. The molecule has 1 fully saturated rings. The average molecular weight is 349 g/mol. The van der Waals surface area contributed by atoms with Crippen LogP contribution in [0.15, 0.2) is 12.1 Å². The van der Waals surface area contributed by atoms with Crippen LogP contribution in [0.25, 0.3) is 0 Å². The molecule has 0 saturated carbocycles. The van der Waals surface area contributed by atoms with Crippen molar-refractivity contribution in [2.24, 2.45) is 0 Å². The summed E-state index contributed by atoms with van der Waals surface area (Å²) in [7, 11) is 3.32. The molecule has 1 heterocycles. The number of benzene rings is 1. The van der Waals surface area contributed by atoms with Gasteiger partial charge in [-0.3, -0.25) is 9.59 Å². The van der Waals surface area contributed by atoms with Gasteiger partial charge < -0.3 is 25.0 Å². The van der Waals surface area contributed by atoms with Gasteiger partial charge in [0.25, 0.3) is 0 Å². The third kappa shape index (κ3) is 4.42. The highest BCUT2D eigenvalue weighted by Gasteiger charge is 2.26. The molecule has 0 unspecified atom stereocenters. The Morgan fingerprint density at radius 2 is 1.76 bits per heavy atom. The Labute approximate surface area is 148 Å². The first-order chi connectivity index (χ1) is 11.8. The fourth-order valence-electron chi connectivity index (χ4n) is 2.65. The van der Waals surface area contributed by atoms with E-state index in [0.29, 0.717) is 37.7 Å². The van der Waals surface area contributed by atoms with Crippen molar-refractivity contribution >= 4 is 23.2 Å². The number of carbonyl (C=O) groups is 2. The zero-order chi connectivity index (χ0) is 18.6. The molecule has 25 heavy (non-hydrogen) atoms. The number of ether oxygens (including phenoxy) is 2. The molecular formula is C18H27N3O4. The second kappa shape index (κ2) is 7.74. The number of nitrogens with zero attached hydrogens (tertiary/aromatic N) is 1. The molecule has 0 aromatic heterocycles. The molecule has 1 aromatic carbocycles. The Hall–Kier alpha value is -2.28. The topological polar surface area (TPSA) is 79.9 Å². The normalized spacial score (nSPS) is 14.8. The van der Waals surface area contributed by atoms with E-state index in [-0.39, 0.29) is 5.41 Å². The molecule has 0 spiro atoms. The van der Waals surface area contributed by atoms with Crippen molar-refractivity contribution in [1.82, 2.24) is 4.90 Å². The lowest BCUT2D eigenvalue weighted by atomic mass is 9.86. The number of nitrogens with one attached hydrogen (secondary N) is 2. The zero-order valence-electron chi connectivity index (χ0n) is 15.6. The highest BCUT2D eigenvalue weighted by Crippen LogP contribution is 2.38. The summed E-state index contributed by atoms with van der Waals surface area (Å²) >= 11 is 0. The van der Waals surface area contributed by atoms with Crippen LogP contribution < -0.4 is 15.4 Å². The lowest BCUT2D eigenvalue weighted by Gasteiger charge is -2.27. The van der Waals surface area contributed by atoms with E-state index in [1.54, 1.807) is 7.05 Å². The third-order valence-corrected chi connectivity index (χ3v) is 4.17. The summed E-state index contributed by atoms with van der Waals surface area (Å²) in [6.45, 7) is 7.99. The summed E-state index contributed by atoms with van der Waals surface area (Å²) in [5.41, 5.74) is 2.13. The minimum absolute atomic E-state index is 0.119. The van der Waals surface area contributed by atoms with Gasteiger partial charge in [0.15, 0.2) is 5.75 Å². The monoisotopic (exact) mass is 349 g/mol. The van der Waals surface area contributed by atoms with Crippen molar-refractivity contribution in [1.29, 1.82) is 0 Å². The molecule has 2 N–H and O–H groups in total. The highest BCUT2D eigenvalue weighted by atomic mass is 16.5. The van der Waals surface area contributed by atoms with E-state index in [1.807, 2.05) is 12.1 Å². The molecule has 0 radical (unpaired) electrons. The summed E-state index contributed by atoms with van der Waals surface area (Å²) in [5.74, 6) is -0.732. The van der Waals surface area contributed by atoms with E-state index in [4.69, 9.17) is 9.47 Å². The maximum absolute atomic E-state index is 12.4. The van der Waals surface area contributed by atoms with Gasteiger partial charge in [-0.15, -0.1) is 0 Å². The van der Waals surface area contributed by atoms with Gasteiger partial charge in [-0.2, -0.15) is 0 Å². The molecule has 0 aliphatic carbocycles. The molecule has 2 rings (SSSR count). The van der Waals surface area contributed by atoms with E-state index >= 15 is 0 Å². The fraction of sp³-hybridized carbons (Fsp3) is 0.556. The van der Waals surface area contributed by atoms with Gasteiger partial charge in [0.05, 0.1) is 31.7 Å². The summed E-state index contributed by atoms with van der Waals surface area (Å²) in [4.78, 5) is 26.3. The molecule has 2 amide bonds. The minimum Gasteiger partial charge on any atom is -0.492 e. The van der Waals surface area contributed by atoms with Crippen LogP contribution in [0, 0.1) is 0 Å². The van der Waals surface area contributed by atoms with E-state index in [2.05, 4.69) is 31.4 Å². The SMILES string of the molecule is CNc1cc(C(C)(C)C)cc(NC(=O)C(=O)N2CCOCC2)c1OC. The van der Waals surface area contributed by atoms with Crippen molar-refractivity contribution in [2.75, 3.05) is 51.1 Å². The Kier molecular flexibility index (Phi) is 5.89. The second-order valence-corrected chi connectivity index (χ2v) is 6.96. The van der Waals surface area contributed by atoms with E-state index in [1.165, 1.54) is 12.0 Å². The molecule has 7 heteroatoms. The van der Waals surface area contributed by atoms with E-state index in [0.717, 1.165) is 11.3 Å². The lowest BCUT2D eigenvalue weighted by Crippen LogP contribution is -2.45. The van der Waals surface area contributed by atoms with Gasteiger partial charge in [-0.1, -0.05) is 20.8 Å². The largest absolute Gasteiger partial charge is 0.492 e. The number of hydrogen-bond acceptors (Lipinski definition) is 5. The number of anilines is 2. The summed E-state index contributed by atoms with van der Waals surface area (Å²) < 4.78 is 10.7. The van der Waals surface area contributed by atoms with Crippen LogP contribution >= 0.6 is 0 Å². The van der Waals surface area contributed by atoms with Crippen LogP contribution in [0.3, 0.4) is 0 Å². The molecule has 7 nitrogen and oxygen atoms in total. The van der Waals surface area contributed by atoms with Crippen LogP contribution in [0.2, 0.25) is 0 Å². The Balaban J connectivity index is 2.30. The average Bonchev–Trinajstić information content (AvgIpc) is 2.60. The van der Waals surface area contributed by atoms with Crippen molar-refractivity contribution in [3.05, 3.63) is 17.7 Å². The highest BCUT2D eigenvalue weighted by molar-refractivity contribution is 6.39. The van der Waals surface area contributed by atoms with Crippen LogP contribution in [0.5, 0.6) is 5.75 Å². The van der Waals surface area contributed by atoms with Gasteiger partial charge in [-0.25, -0.2) is 0 Å². The van der Waals surface area contributed by atoms with Crippen molar-refractivity contribution in [3.8, 4) is 5.75 Å². The molecule has 1 aromatic rings.